The number of urea groups is 1. The molecule has 0 bridgehead atoms. The fraction of sp³-hybridized carbons (Fsp3) is 0.182. The molecule has 0 aliphatic carbocycles. The lowest BCUT2D eigenvalue weighted by Gasteiger charge is -2.34. The zero-order valence-corrected chi connectivity index (χ0v) is 16.6. The van der Waals surface area contributed by atoms with Crippen LogP contribution in [0.5, 0.6) is 6.01 Å². The fourth-order valence-electron chi connectivity index (χ4n) is 3.79. The Kier molecular flexibility index (Phi) is 4.31. The molecule has 0 saturated carbocycles. The van der Waals surface area contributed by atoms with Gasteiger partial charge in [-0.25, -0.2) is 14.8 Å². The quantitative estimate of drug-likeness (QED) is 0.537. The van der Waals surface area contributed by atoms with Gasteiger partial charge in [-0.15, -0.1) is 0 Å². The summed E-state index contributed by atoms with van der Waals surface area (Å²) in [6.45, 7) is 2.55. The molecule has 150 valence electrons. The van der Waals surface area contributed by atoms with E-state index in [9.17, 15) is 4.79 Å². The average molecular weight is 400 g/mol. The van der Waals surface area contributed by atoms with Gasteiger partial charge < -0.3 is 15.0 Å². The number of fused-ring (bicyclic) bond motifs is 2. The van der Waals surface area contributed by atoms with Crippen molar-refractivity contribution in [2.45, 2.75) is 19.5 Å². The Balaban J connectivity index is 1.52. The van der Waals surface area contributed by atoms with E-state index in [-0.39, 0.29) is 12.1 Å². The molecule has 1 aliphatic heterocycles. The smallest absolute Gasteiger partial charge is 0.322 e. The summed E-state index contributed by atoms with van der Waals surface area (Å²) >= 11 is 0. The summed E-state index contributed by atoms with van der Waals surface area (Å²) in [4.78, 5) is 22.9. The molecular formula is C22H20N6O2. The Morgan fingerprint density at radius 1 is 1.13 bits per heavy atom. The van der Waals surface area contributed by atoms with Gasteiger partial charge in [0.15, 0.2) is 0 Å². The summed E-state index contributed by atoms with van der Waals surface area (Å²) < 4.78 is 5.03. The van der Waals surface area contributed by atoms with Gasteiger partial charge in [-0.05, 0) is 30.2 Å². The second-order valence-electron chi connectivity index (χ2n) is 7.23. The van der Waals surface area contributed by atoms with Crippen LogP contribution in [-0.2, 0) is 6.54 Å². The van der Waals surface area contributed by atoms with E-state index >= 15 is 0 Å². The minimum atomic E-state index is -0.110. The maximum atomic E-state index is 12.8. The van der Waals surface area contributed by atoms with Crippen LogP contribution in [0.2, 0.25) is 0 Å². The third-order valence-electron chi connectivity index (χ3n) is 5.46. The van der Waals surface area contributed by atoms with Gasteiger partial charge in [0.25, 0.3) is 0 Å². The lowest BCUT2D eigenvalue weighted by atomic mass is 10.0. The number of ether oxygens (including phenoxy) is 1. The first-order valence-corrected chi connectivity index (χ1v) is 9.64. The van der Waals surface area contributed by atoms with E-state index in [0.29, 0.717) is 12.6 Å². The first-order chi connectivity index (χ1) is 14.6. The maximum absolute atomic E-state index is 12.8. The van der Waals surface area contributed by atoms with Crippen LogP contribution < -0.4 is 10.1 Å². The van der Waals surface area contributed by atoms with E-state index in [1.807, 2.05) is 48.2 Å². The van der Waals surface area contributed by atoms with Crippen LogP contribution >= 0.6 is 0 Å². The molecular weight excluding hydrogens is 380 g/mol. The second-order valence-corrected chi connectivity index (χ2v) is 7.23. The number of H-pyrrole nitrogens is 1. The van der Waals surface area contributed by atoms with Gasteiger partial charge in [0.2, 0.25) is 0 Å². The average Bonchev–Trinajstić information content (AvgIpc) is 3.20. The largest absolute Gasteiger partial charge is 0.467 e. The minimum Gasteiger partial charge on any atom is -0.467 e. The predicted molar refractivity (Wildman–Crippen MR) is 113 cm³/mol. The highest BCUT2D eigenvalue weighted by Gasteiger charge is 2.28. The zero-order valence-electron chi connectivity index (χ0n) is 16.6. The Bertz CT molecular complexity index is 1220. The number of carbonyl (C=O) groups excluding carboxylic acids is 1. The number of anilines is 1. The van der Waals surface area contributed by atoms with E-state index in [2.05, 4.69) is 31.5 Å². The predicted octanol–water partition coefficient (Wildman–Crippen LogP) is 4.14. The number of nitrogens with zero attached hydrogens (tertiary/aromatic N) is 4. The molecule has 0 saturated heterocycles. The molecule has 2 aromatic heterocycles. The van der Waals surface area contributed by atoms with Gasteiger partial charge in [-0.2, -0.15) is 5.10 Å². The van der Waals surface area contributed by atoms with E-state index in [0.717, 1.165) is 39.0 Å². The van der Waals surface area contributed by atoms with Crippen molar-refractivity contribution in [1.82, 2.24) is 25.1 Å². The van der Waals surface area contributed by atoms with Crippen LogP contribution in [0.15, 0.2) is 54.9 Å². The van der Waals surface area contributed by atoms with Crippen molar-refractivity contribution < 1.29 is 9.53 Å². The maximum Gasteiger partial charge on any atom is 0.322 e. The summed E-state index contributed by atoms with van der Waals surface area (Å²) in [5.41, 5.74) is 5.31. The summed E-state index contributed by atoms with van der Waals surface area (Å²) in [5, 5.41) is 11.4. The topological polar surface area (TPSA) is 96.0 Å². The van der Waals surface area contributed by atoms with Crippen molar-refractivity contribution in [3.63, 3.8) is 0 Å². The van der Waals surface area contributed by atoms with E-state index < -0.39 is 0 Å². The minimum absolute atomic E-state index is 0.0474. The molecule has 1 atom stereocenters. The number of benzene rings is 2. The number of aromatic amines is 1. The Hall–Kier alpha value is -3.94. The third kappa shape index (κ3) is 3.02. The molecule has 1 aliphatic rings. The van der Waals surface area contributed by atoms with Crippen LogP contribution in [0.3, 0.4) is 0 Å². The molecule has 2 amide bonds. The number of carbonyl (C=O) groups is 1. The molecule has 0 spiro atoms. The Morgan fingerprint density at radius 2 is 1.90 bits per heavy atom. The number of aromatic nitrogens is 4. The molecule has 3 heterocycles. The van der Waals surface area contributed by atoms with Crippen LogP contribution in [-0.4, -0.2) is 38.2 Å². The molecule has 8 heteroatoms. The molecule has 0 radical (unpaired) electrons. The van der Waals surface area contributed by atoms with Crippen molar-refractivity contribution in [1.29, 1.82) is 0 Å². The van der Waals surface area contributed by atoms with Crippen LogP contribution in [0, 0.1) is 0 Å². The third-order valence-corrected chi connectivity index (χ3v) is 5.46. The molecule has 8 nitrogen and oxygen atoms in total. The van der Waals surface area contributed by atoms with Crippen molar-refractivity contribution in [2.24, 2.45) is 0 Å². The zero-order chi connectivity index (χ0) is 20.7. The summed E-state index contributed by atoms with van der Waals surface area (Å²) in [5.74, 6) is 0. The molecule has 4 aromatic rings. The van der Waals surface area contributed by atoms with Crippen molar-refractivity contribution in [3.05, 3.63) is 66.0 Å². The molecule has 1 unspecified atom stereocenters. The number of hydrogen-bond acceptors (Lipinski definition) is 5. The molecule has 2 aromatic carbocycles. The number of methoxy groups -OCH3 is 1. The van der Waals surface area contributed by atoms with E-state index in [1.54, 1.807) is 12.4 Å². The lowest BCUT2D eigenvalue weighted by Crippen LogP contribution is -2.40. The van der Waals surface area contributed by atoms with Crippen molar-refractivity contribution >= 4 is 22.6 Å². The van der Waals surface area contributed by atoms with Gasteiger partial charge >= 0.3 is 12.0 Å². The highest BCUT2D eigenvalue weighted by Crippen LogP contribution is 2.35. The number of nitrogens with one attached hydrogen (secondary N) is 2. The van der Waals surface area contributed by atoms with Gasteiger partial charge in [0, 0.05) is 29.0 Å². The normalized spacial score (nSPS) is 14.3. The van der Waals surface area contributed by atoms with Gasteiger partial charge in [0.05, 0.1) is 25.2 Å². The molecule has 5 rings (SSSR count). The van der Waals surface area contributed by atoms with E-state index in [4.69, 9.17) is 4.74 Å². The molecule has 2 N–H and O–H groups in total. The van der Waals surface area contributed by atoms with Crippen molar-refractivity contribution in [2.75, 3.05) is 12.4 Å². The first-order valence-electron chi connectivity index (χ1n) is 9.64. The lowest BCUT2D eigenvalue weighted by molar-refractivity contribution is 0.186. The summed E-state index contributed by atoms with van der Waals surface area (Å²) in [6.07, 6.45) is 3.37. The van der Waals surface area contributed by atoms with Crippen LogP contribution in [0.25, 0.3) is 22.2 Å². The van der Waals surface area contributed by atoms with Gasteiger partial charge in [0.1, 0.15) is 5.69 Å². The number of hydrogen-bond donors (Lipinski definition) is 2. The summed E-state index contributed by atoms with van der Waals surface area (Å²) in [6, 6.07) is 14.2. The highest BCUT2D eigenvalue weighted by molar-refractivity contribution is 6.00. The summed E-state index contributed by atoms with van der Waals surface area (Å²) in [7, 11) is 1.53. The van der Waals surface area contributed by atoms with Crippen LogP contribution in [0.4, 0.5) is 10.5 Å². The SMILES string of the molecule is COc1ncc(-c2n[nH]c3cc4c(cc23)CN(C(C)c2ccccc2)C(=O)N4)cn1. The number of rotatable bonds is 4. The molecule has 0 fully saturated rings. The van der Waals surface area contributed by atoms with Gasteiger partial charge in [-0.3, -0.25) is 5.10 Å². The Morgan fingerprint density at radius 3 is 2.63 bits per heavy atom. The second kappa shape index (κ2) is 7.14. The standard InChI is InChI=1S/C22H20N6O2/c1-13(14-6-4-3-5-7-14)28-12-15-8-17-19(9-18(15)25-22(28)29)26-27-20(17)16-10-23-21(30-2)24-11-16/h3-11,13H,12H2,1-2H3,(H,25,29)(H,26,27). The first kappa shape index (κ1) is 18.1. The van der Waals surface area contributed by atoms with Crippen molar-refractivity contribution in [3.8, 4) is 17.3 Å². The van der Waals surface area contributed by atoms with Gasteiger partial charge in [-0.1, -0.05) is 30.3 Å². The van der Waals surface area contributed by atoms with Crippen LogP contribution in [0.1, 0.15) is 24.1 Å². The Labute approximate surface area is 172 Å². The monoisotopic (exact) mass is 400 g/mol. The van der Waals surface area contributed by atoms with E-state index in [1.165, 1.54) is 7.11 Å². The fourth-order valence-corrected chi connectivity index (χ4v) is 3.79. The molecule has 30 heavy (non-hydrogen) atoms. The number of amides is 2. The highest BCUT2D eigenvalue weighted by atomic mass is 16.5.